The lowest BCUT2D eigenvalue weighted by molar-refractivity contribution is -0.263. The fourth-order valence-corrected chi connectivity index (χ4v) is 8.38. The number of rotatable bonds is 18. The number of aliphatic hydroxyl groups excluding tert-OH is 1. The van der Waals surface area contributed by atoms with Gasteiger partial charge < -0.3 is 48.5 Å². The van der Waals surface area contributed by atoms with E-state index in [0.29, 0.717) is 18.1 Å². The number of esters is 4. The zero-order valence-corrected chi connectivity index (χ0v) is 38.0. The lowest BCUT2D eigenvalue weighted by Gasteiger charge is -2.44. The van der Waals surface area contributed by atoms with E-state index in [1.54, 1.807) is 0 Å². The summed E-state index contributed by atoms with van der Waals surface area (Å²) in [5.41, 5.74) is 5.59. The van der Waals surface area contributed by atoms with Crippen LogP contribution in [-0.2, 0) is 71.9 Å². The number of pyridine rings is 1. The maximum Gasteiger partial charge on any atom is 0.303 e. The minimum absolute atomic E-state index is 0.0111. The van der Waals surface area contributed by atoms with Gasteiger partial charge in [-0.15, -0.1) is 0 Å². The van der Waals surface area contributed by atoms with Crippen LogP contribution >= 0.6 is 12.2 Å². The highest BCUT2D eigenvalue weighted by atomic mass is 32.1. The van der Waals surface area contributed by atoms with Crippen LogP contribution in [0.2, 0.25) is 0 Å². The van der Waals surface area contributed by atoms with Crippen molar-refractivity contribution in [3.8, 4) is 0 Å². The van der Waals surface area contributed by atoms with Gasteiger partial charge in [-0.05, 0) is 41.4 Å². The van der Waals surface area contributed by atoms with Crippen molar-refractivity contribution in [3.05, 3.63) is 137 Å². The third kappa shape index (κ3) is 13.9. The Bertz CT molecular complexity index is 2200. The molecular formula is C49H57N3O12S. The first-order chi connectivity index (χ1) is 31.3. The number of hydrogen-bond donors (Lipinski definition) is 2. The molecule has 0 saturated carbocycles. The monoisotopic (exact) mass is 911 g/mol. The highest BCUT2D eigenvalue weighted by molar-refractivity contribution is 7.80. The summed E-state index contributed by atoms with van der Waals surface area (Å²) in [4.78, 5) is 55.6. The molecule has 3 heterocycles. The largest absolute Gasteiger partial charge is 0.463 e. The first-order valence-corrected chi connectivity index (χ1v) is 22.0. The SMILES string of the molecule is CC(=O)OC[C@H]1O[C@@H](CC(=S)NCc2ccc(C3O[C@H](CN(C)CCc4ccccn4)[C@@H](c4ccccc4)[C@H](c4ccc(CO)cc4)O3)cc2)[C@H](OC(C)=O)[C@@H](OC(C)=O)[C@@H]1OC(C)=O. The van der Waals surface area contributed by atoms with Crippen molar-refractivity contribution < 1.29 is 57.4 Å². The van der Waals surface area contributed by atoms with Gasteiger partial charge in [0.25, 0.3) is 0 Å². The van der Waals surface area contributed by atoms with Crippen molar-refractivity contribution in [3.63, 3.8) is 0 Å². The summed E-state index contributed by atoms with van der Waals surface area (Å²) >= 11 is 5.75. The molecule has 9 atom stereocenters. The van der Waals surface area contributed by atoms with Crippen molar-refractivity contribution in [2.45, 2.75) is 109 Å². The standard InChI is InChI=1S/C49H57N3O12S/c1-30(54)58-29-42-47(60-32(3)56)48(61-33(4)57)46(59-31(2)55)40(62-42)25-43(65)51-26-34-14-20-38(21-15-34)49-63-41(27-52(5)24-22-39-13-9-10-23-50-39)44(36-11-7-6-8-12-36)45(64-49)37-18-16-35(28-53)17-19-37/h6-21,23,40-42,44-49,53H,22,24-29H2,1-5H3,(H,51,65)/t40-,41+,42+,44+,45-,46-,47+,48+,49?/m0/s1. The molecular weight excluding hydrogens is 855 g/mol. The molecule has 0 amide bonds. The van der Waals surface area contributed by atoms with E-state index in [4.69, 9.17) is 45.4 Å². The number of ether oxygens (including phenoxy) is 7. The summed E-state index contributed by atoms with van der Waals surface area (Å²) in [6.07, 6.45) is -4.57. The summed E-state index contributed by atoms with van der Waals surface area (Å²) in [7, 11) is 2.09. The Morgan fingerprint density at radius 1 is 0.692 bits per heavy atom. The highest BCUT2D eigenvalue weighted by Gasteiger charge is 2.52. The maximum absolute atomic E-state index is 12.3. The number of carbonyl (C=O) groups is 4. The molecule has 2 aliphatic heterocycles. The van der Waals surface area contributed by atoms with Crippen LogP contribution in [0.3, 0.4) is 0 Å². The molecule has 1 unspecified atom stereocenters. The van der Waals surface area contributed by atoms with Crippen LogP contribution < -0.4 is 5.32 Å². The minimum atomic E-state index is -1.28. The second-order valence-electron chi connectivity index (χ2n) is 16.2. The molecule has 15 nitrogen and oxygen atoms in total. The number of hydrogen-bond acceptors (Lipinski definition) is 15. The molecule has 346 valence electrons. The maximum atomic E-state index is 12.3. The van der Waals surface area contributed by atoms with E-state index in [1.807, 2.05) is 91.1 Å². The Hall–Kier alpha value is -5.62. The van der Waals surface area contributed by atoms with Gasteiger partial charge in [0.05, 0.1) is 23.8 Å². The molecule has 6 rings (SSSR count). The summed E-state index contributed by atoms with van der Waals surface area (Å²) < 4.78 is 41.9. The Balaban J connectivity index is 1.19. The number of aromatic nitrogens is 1. The number of carbonyl (C=O) groups excluding carboxylic acids is 4. The van der Waals surface area contributed by atoms with Crippen LogP contribution in [0.1, 0.15) is 85.9 Å². The minimum Gasteiger partial charge on any atom is -0.463 e. The summed E-state index contributed by atoms with van der Waals surface area (Å²) in [6.45, 7) is 6.07. The third-order valence-electron chi connectivity index (χ3n) is 11.2. The average molecular weight is 912 g/mol. The van der Waals surface area contributed by atoms with Crippen LogP contribution in [-0.4, -0.2) is 107 Å². The fraction of sp³-hybridized carbons (Fsp3) is 0.429. The molecule has 2 aliphatic rings. The van der Waals surface area contributed by atoms with E-state index in [1.165, 1.54) is 27.7 Å². The van der Waals surface area contributed by atoms with Gasteiger partial charge >= 0.3 is 23.9 Å². The lowest BCUT2D eigenvalue weighted by Crippen LogP contribution is -2.62. The normalized spacial score (nSPS) is 24.1. The molecule has 2 saturated heterocycles. The molecule has 0 bridgehead atoms. The van der Waals surface area contributed by atoms with Crippen molar-refractivity contribution in [2.24, 2.45) is 0 Å². The Kier molecular flexibility index (Phi) is 17.7. The predicted molar refractivity (Wildman–Crippen MR) is 241 cm³/mol. The number of nitrogens with one attached hydrogen (secondary N) is 1. The molecule has 3 aromatic carbocycles. The van der Waals surface area contributed by atoms with Gasteiger partial charge in [0.1, 0.15) is 18.8 Å². The van der Waals surface area contributed by atoms with Crippen molar-refractivity contribution in [1.29, 1.82) is 0 Å². The van der Waals surface area contributed by atoms with E-state index >= 15 is 0 Å². The van der Waals surface area contributed by atoms with E-state index in [2.05, 4.69) is 34.4 Å². The smallest absolute Gasteiger partial charge is 0.303 e. The summed E-state index contributed by atoms with van der Waals surface area (Å²) in [5.74, 6) is -2.87. The second-order valence-corrected chi connectivity index (χ2v) is 16.7. The molecule has 2 fully saturated rings. The number of thiocarbonyl (C=S) groups is 1. The van der Waals surface area contributed by atoms with Crippen LogP contribution in [0.25, 0.3) is 0 Å². The van der Waals surface area contributed by atoms with Gasteiger partial charge in [0.2, 0.25) is 0 Å². The molecule has 4 aromatic rings. The number of likely N-dealkylation sites (N-methyl/N-ethyl adjacent to an activating group) is 1. The first-order valence-electron chi connectivity index (χ1n) is 21.6. The summed E-state index contributed by atoms with van der Waals surface area (Å²) in [5, 5.41) is 13.1. The van der Waals surface area contributed by atoms with E-state index in [0.717, 1.165) is 46.5 Å². The predicted octanol–water partition coefficient (Wildman–Crippen LogP) is 5.62. The first kappa shape index (κ1) is 48.8. The van der Waals surface area contributed by atoms with Gasteiger partial charge in [0, 0.05) is 83.5 Å². The third-order valence-corrected chi connectivity index (χ3v) is 11.5. The van der Waals surface area contributed by atoms with Crippen molar-refractivity contribution >= 4 is 41.1 Å². The lowest BCUT2D eigenvalue weighted by atomic mass is 9.83. The second kappa shape index (κ2) is 23.5. The van der Waals surface area contributed by atoms with E-state index in [-0.39, 0.29) is 37.8 Å². The molecule has 16 heteroatoms. The Labute approximate surface area is 384 Å². The summed E-state index contributed by atoms with van der Waals surface area (Å²) in [6, 6.07) is 31.9. The molecule has 65 heavy (non-hydrogen) atoms. The molecule has 0 aliphatic carbocycles. The van der Waals surface area contributed by atoms with E-state index < -0.39 is 60.7 Å². The molecule has 1 aromatic heterocycles. The zero-order chi connectivity index (χ0) is 46.5. The van der Waals surface area contributed by atoms with Gasteiger partial charge in [-0.2, -0.15) is 0 Å². The van der Waals surface area contributed by atoms with Gasteiger partial charge in [0.15, 0.2) is 24.6 Å². The van der Waals surface area contributed by atoms with E-state index in [9.17, 15) is 24.3 Å². The van der Waals surface area contributed by atoms with Crippen LogP contribution in [0.5, 0.6) is 0 Å². The topological polar surface area (TPSA) is 181 Å². The average Bonchev–Trinajstić information content (AvgIpc) is 3.29. The number of benzene rings is 3. The highest BCUT2D eigenvalue weighted by Crippen LogP contribution is 2.47. The Morgan fingerprint density at radius 2 is 1.31 bits per heavy atom. The van der Waals surface area contributed by atoms with Crippen LogP contribution in [0, 0.1) is 0 Å². The molecule has 0 spiro atoms. The van der Waals surface area contributed by atoms with Crippen molar-refractivity contribution in [2.75, 3.05) is 26.7 Å². The zero-order valence-electron chi connectivity index (χ0n) is 37.2. The number of aliphatic hydroxyl groups is 1. The van der Waals surface area contributed by atoms with Crippen LogP contribution in [0.4, 0.5) is 0 Å². The number of nitrogens with zero attached hydrogens (tertiary/aromatic N) is 2. The molecule has 0 radical (unpaired) electrons. The van der Waals surface area contributed by atoms with Gasteiger partial charge in [-0.3, -0.25) is 24.2 Å². The van der Waals surface area contributed by atoms with Crippen LogP contribution in [0.15, 0.2) is 103 Å². The molecule has 2 N–H and O–H groups in total. The Morgan fingerprint density at radius 3 is 1.92 bits per heavy atom. The van der Waals surface area contributed by atoms with Gasteiger partial charge in [-0.1, -0.05) is 97.1 Å². The quantitative estimate of drug-likeness (QED) is 0.0713. The fourth-order valence-electron chi connectivity index (χ4n) is 8.15. The van der Waals surface area contributed by atoms with Crippen molar-refractivity contribution in [1.82, 2.24) is 15.2 Å². The van der Waals surface area contributed by atoms with Gasteiger partial charge in [-0.25, -0.2) is 0 Å².